The minimum Gasteiger partial charge on any atom is -0.326 e. The molecule has 0 unspecified atom stereocenters. The summed E-state index contributed by atoms with van der Waals surface area (Å²) >= 11 is 0. The van der Waals surface area contributed by atoms with Gasteiger partial charge in [-0.05, 0) is 29.3 Å². The monoisotopic (exact) mass is 266 g/mol. The van der Waals surface area contributed by atoms with E-state index < -0.39 is 0 Å². The average molecular weight is 266 g/mol. The second-order valence-corrected chi connectivity index (χ2v) is 4.84. The molecular weight excluding hydrogens is 252 g/mol. The van der Waals surface area contributed by atoms with E-state index in [1.54, 1.807) is 6.07 Å². The summed E-state index contributed by atoms with van der Waals surface area (Å²) < 4.78 is 0. The predicted molar refractivity (Wildman–Crippen MR) is 77.9 cm³/mol. The summed E-state index contributed by atoms with van der Waals surface area (Å²) in [5.74, 6) is -0.292. The van der Waals surface area contributed by atoms with Crippen LogP contribution in [0.1, 0.15) is 28.4 Å². The number of para-hydroxylation sites is 1. The van der Waals surface area contributed by atoms with Crippen LogP contribution in [-0.2, 0) is 11.2 Å². The van der Waals surface area contributed by atoms with E-state index in [9.17, 15) is 9.59 Å². The first kappa shape index (κ1) is 12.4. The van der Waals surface area contributed by atoms with Crippen LogP contribution in [0.5, 0.6) is 0 Å². The van der Waals surface area contributed by atoms with Gasteiger partial charge in [0.1, 0.15) is 0 Å². The minimum atomic E-state index is -0.151. The van der Waals surface area contributed by atoms with Crippen LogP contribution < -0.4 is 10.6 Å². The van der Waals surface area contributed by atoms with E-state index >= 15 is 0 Å². The van der Waals surface area contributed by atoms with Crippen molar-refractivity contribution in [1.29, 1.82) is 0 Å². The molecular formula is C16H14N2O2. The zero-order chi connectivity index (χ0) is 14.1. The van der Waals surface area contributed by atoms with E-state index in [1.165, 1.54) is 6.92 Å². The van der Waals surface area contributed by atoms with Gasteiger partial charge in [0.15, 0.2) is 0 Å². The zero-order valence-corrected chi connectivity index (χ0v) is 11.1. The second-order valence-electron chi connectivity index (χ2n) is 4.84. The van der Waals surface area contributed by atoms with Gasteiger partial charge < -0.3 is 10.6 Å². The van der Waals surface area contributed by atoms with Gasteiger partial charge in [0.05, 0.1) is 0 Å². The first-order valence-corrected chi connectivity index (χ1v) is 6.43. The van der Waals surface area contributed by atoms with Crippen LogP contribution in [0.4, 0.5) is 11.4 Å². The van der Waals surface area contributed by atoms with E-state index in [1.807, 2.05) is 36.4 Å². The third-order valence-electron chi connectivity index (χ3n) is 3.32. The van der Waals surface area contributed by atoms with Crippen LogP contribution in [0, 0.1) is 0 Å². The Morgan fingerprint density at radius 1 is 1.15 bits per heavy atom. The molecule has 2 amide bonds. The maximum absolute atomic E-state index is 12.3. The van der Waals surface area contributed by atoms with Gasteiger partial charge in [-0.15, -0.1) is 0 Å². The molecule has 1 aliphatic heterocycles. The Balaban J connectivity index is 2.04. The number of carbonyl (C=O) groups excluding carboxylic acids is 2. The summed E-state index contributed by atoms with van der Waals surface area (Å²) in [5.41, 5.74) is 4.13. The standard InChI is InChI=1S/C16H14N2O2/c1-10(19)17-13-7-6-11-8-12-4-2-3-5-15(12)18-16(20)14(11)9-13/h2-7,9H,8H2,1H3,(H,17,19)(H,18,20). The molecule has 2 aromatic rings. The van der Waals surface area contributed by atoms with Crippen molar-refractivity contribution in [3.8, 4) is 0 Å². The van der Waals surface area contributed by atoms with Crippen molar-refractivity contribution in [3.63, 3.8) is 0 Å². The van der Waals surface area contributed by atoms with Gasteiger partial charge in [0, 0.05) is 30.3 Å². The van der Waals surface area contributed by atoms with Crippen LogP contribution in [0.2, 0.25) is 0 Å². The van der Waals surface area contributed by atoms with Gasteiger partial charge >= 0.3 is 0 Å². The summed E-state index contributed by atoms with van der Waals surface area (Å²) in [6.45, 7) is 1.45. The van der Waals surface area contributed by atoms with Crippen LogP contribution in [-0.4, -0.2) is 11.8 Å². The molecule has 4 nitrogen and oxygen atoms in total. The lowest BCUT2D eigenvalue weighted by atomic mass is 10.00. The molecule has 0 atom stereocenters. The Morgan fingerprint density at radius 3 is 2.75 bits per heavy atom. The van der Waals surface area contributed by atoms with Crippen molar-refractivity contribution in [2.45, 2.75) is 13.3 Å². The summed E-state index contributed by atoms with van der Waals surface area (Å²) in [6.07, 6.45) is 0.699. The number of anilines is 2. The molecule has 1 heterocycles. The number of fused-ring (bicyclic) bond motifs is 2. The quantitative estimate of drug-likeness (QED) is 0.833. The molecule has 2 N–H and O–H groups in total. The fourth-order valence-electron chi connectivity index (χ4n) is 2.41. The third-order valence-corrected chi connectivity index (χ3v) is 3.32. The molecule has 0 radical (unpaired) electrons. The number of hydrogen-bond acceptors (Lipinski definition) is 2. The highest BCUT2D eigenvalue weighted by Gasteiger charge is 2.19. The molecule has 0 bridgehead atoms. The number of nitrogens with one attached hydrogen (secondary N) is 2. The number of amides is 2. The Morgan fingerprint density at radius 2 is 1.95 bits per heavy atom. The molecule has 0 spiro atoms. The SMILES string of the molecule is CC(=O)Nc1ccc2c(c1)C(=O)Nc1ccccc1C2. The summed E-state index contributed by atoms with van der Waals surface area (Å²) in [5, 5.41) is 5.61. The molecule has 3 rings (SSSR count). The smallest absolute Gasteiger partial charge is 0.256 e. The fraction of sp³-hybridized carbons (Fsp3) is 0.125. The van der Waals surface area contributed by atoms with Crippen molar-refractivity contribution in [3.05, 3.63) is 59.2 Å². The number of hydrogen-bond donors (Lipinski definition) is 2. The second kappa shape index (κ2) is 4.81. The van der Waals surface area contributed by atoms with Crippen molar-refractivity contribution in [1.82, 2.24) is 0 Å². The molecule has 0 fully saturated rings. The van der Waals surface area contributed by atoms with Crippen molar-refractivity contribution >= 4 is 23.2 Å². The van der Waals surface area contributed by atoms with Crippen LogP contribution in [0.3, 0.4) is 0 Å². The maximum Gasteiger partial charge on any atom is 0.256 e. The largest absolute Gasteiger partial charge is 0.326 e. The average Bonchev–Trinajstić information content (AvgIpc) is 2.54. The molecule has 0 aromatic heterocycles. The molecule has 0 saturated carbocycles. The topological polar surface area (TPSA) is 58.2 Å². The Kier molecular flexibility index (Phi) is 2.99. The van der Waals surface area contributed by atoms with Crippen molar-refractivity contribution in [2.24, 2.45) is 0 Å². The molecule has 2 aromatic carbocycles. The number of carbonyl (C=O) groups is 2. The lowest BCUT2D eigenvalue weighted by Crippen LogP contribution is -2.13. The van der Waals surface area contributed by atoms with E-state index in [0.29, 0.717) is 17.7 Å². The molecule has 1 aliphatic rings. The van der Waals surface area contributed by atoms with E-state index in [-0.39, 0.29) is 11.8 Å². The zero-order valence-electron chi connectivity index (χ0n) is 11.1. The maximum atomic E-state index is 12.3. The van der Waals surface area contributed by atoms with Crippen LogP contribution >= 0.6 is 0 Å². The lowest BCUT2D eigenvalue weighted by molar-refractivity contribution is -0.114. The Bertz CT molecular complexity index is 707. The van der Waals surface area contributed by atoms with Gasteiger partial charge in [0.25, 0.3) is 5.91 Å². The normalized spacial score (nSPS) is 12.8. The molecule has 0 saturated heterocycles. The molecule has 0 aliphatic carbocycles. The first-order valence-electron chi connectivity index (χ1n) is 6.43. The highest BCUT2D eigenvalue weighted by Crippen LogP contribution is 2.27. The Hall–Kier alpha value is -2.62. The summed E-state index contributed by atoms with van der Waals surface area (Å²) in [4.78, 5) is 23.4. The number of benzene rings is 2. The van der Waals surface area contributed by atoms with E-state index in [2.05, 4.69) is 10.6 Å². The van der Waals surface area contributed by atoms with Gasteiger partial charge in [-0.3, -0.25) is 9.59 Å². The highest BCUT2D eigenvalue weighted by molar-refractivity contribution is 6.07. The van der Waals surface area contributed by atoms with E-state index in [4.69, 9.17) is 0 Å². The third kappa shape index (κ3) is 2.28. The fourth-order valence-corrected chi connectivity index (χ4v) is 2.41. The van der Waals surface area contributed by atoms with Crippen molar-refractivity contribution in [2.75, 3.05) is 10.6 Å². The van der Waals surface area contributed by atoms with Gasteiger partial charge in [-0.1, -0.05) is 24.3 Å². The van der Waals surface area contributed by atoms with E-state index in [0.717, 1.165) is 16.8 Å². The van der Waals surface area contributed by atoms with Crippen molar-refractivity contribution < 1.29 is 9.59 Å². The molecule has 100 valence electrons. The first-order chi connectivity index (χ1) is 9.63. The van der Waals surface area contributed by atoms with Crippen LogP contribution in [0.25, 0.3) is 0 Å². The van der Waals surface area contributed by atoms with Gasteiger partial charge in [-0.25, -0.2) is 0 Å². The Labute approximate surface area is 116 Å². The summed E-state index contributed by atoms with van der Waals surface area (Å²) in [7, 11) is 0. The lowest BCUT2D eigenvalue weighted by Gasteiger charge is -2.08. The summed E-state index contributed by atoms with van der Waals surface area (Å²) in [6, 6.07) is 13.2. The predicted octanol–water partition coefficient (Wildman–Crippen LogP) is 2.80. The highest BCUT2D eigenvalue weighted by atomic mass is 16.2. The van der Waals surface area contributed by atoms with Gasteiger partial charge in [-0.2, -0.15) is 0 Å². The molecule has 4 heteroatoms. The van der Waals surface area contributed by atoms with Gasteiger partial charge in [0.2, 0.25) is 5.91 Å². The molecule has 20 heavy (non-hydrogen) atoms. The minimum absolute atomic E-state index is 0.142. The van der Waals surface area contributed by atoms with Crippen LogP contribution in [0.15, 0.2) is 42.5 Å². The number of rotatable bonds is 1.